The Bertz CT molecular complexity index is 1120. The summed E-state index contributed by atoms with van der Waals surface area (Å²) in [7, 11) is 0. The van der Waals surface area contributed by atoms with Crippen LogP contribution in [0.1, 0.15) is 46.8 Å². The average molecular weight is 467 g/mol. The Labute approximate surface area is 196 Å². The minimum atomic E-state index is -1.20. The van der Waals surface area contributed by atoms with Gasteiger partial charge in [0.05, 0.1) is 12.5 Å². The second kappa shape index (κ2) is 9.62. The predicted molar refractivity (Wildman–Crippen MR) is 120 cm³/mol. The summed E-state index contributed by atoms with van der Waals surface area (Å²) in [5.41, 5.74) is 1.70. The molecule has 0 spiro atoms. The van der Waals surface area contributed by atoms with Gasteiger partial charge in [0.2, 0.25) is 5.91 Å². The fourth-order valence-electron chi connectivity index (χ4n) is 4.23. The van der Waals surface area contributed by atoms with Crippen molar-refractivity contribution in [2.24, 2.45) is 5.92 Å². The van der Waals surface area contributed by atoms with Gasteiger partial charge in [-0.1, -0.05) is 29.8 Å². The number of hydrogen-bond acceptors (Lipinski definition) is 4. The number of halogens is 1. The van der Waals surface area contributed by atoms with Crippen LogP contribution in [0.15, 0.2) is 48.5 Å². The summed E-state index contributed by atoms with van der Waals surface area (Å²) in [6, 6.07) is 11.2. The summed E-state index contributed by atoms with van der Waals surface area (Å²) in [4.78, 5) is 53.9. The Balaban J connectivity index is 1.62. The molecule has 2 atom stereocenters. The molecule has 2 N–H and O–H groups in total. The van der Waals surface area contributed by atoms with Gasteiger partial charge in [0.15, 0.2) is 6.17 Å². The van der Waals surface area contributed by atoms with Crippen LogP contribution in [0.5, 0.6) is 0 Å². The molecule has 0 bridgehead atoms. The first kappa shape index (κ1) is 23.4. The van der Waals surface area contributed by atoms with E-state index in [1.54, 1.807) is 18.2 Å². The second-order valence-corrected chi connectivity index (χ2v) is 8.76. The lowest BCUT2D eigenvalue weighted by Gasteiger charge is -2.31. The van der Waals surface area contributed by atoms with Crippen molar-refractivity contribution in [3.63, 3.8) is 0 Å². The van der Waals surface area contributed by atoms with Crippen LogP contribution in [0, 0.1) is 18.7 Å². The van der Waals surface area contributed by atoms with Gasteiger partial charge >= 0.3 is 5.97 Å². The van der Waals surface area contributed by atoms with Gasteiger partial charge in [0, 0.05) is 24.6 Å². The summed E-state index contributed by atoms with van der Waals surface area (Å²) in [6.07, 6.45) is -0.149. The molecule has 2 aromatic rings. The molecule has 8 nitrogen and oxygen atoms in total. The number of nitrogens with zero attached hydrogens (tertiary/aromatic N) is 2. The molecule has 2 aromatic carbocycles. The monoisotopic (exact) mass is 467 g/mol. The molecule has 9 heteroatoms. The normalized spacial score (nSPS) is 18.5. The van der Waals surface area contributed by atoms with Gasteiger partial charge in [-0.15, -0.1) is 0 Å². The molecule has 1 saturated heterocycles. The van der Waals surface area contributed by atoms with Crippen molar-refractivity contribution in [2.45, 2.75) is 38.4 Å². The van der Waals surface area contributed by atoms with Crippen LogP contribution in [-0.2, 0) is 14.4 Å². The fraction of sp³-hybridized carbons (Fsp3) is 0.360. The van der Waals surface area contributed by atoms with E-state index < -0.39 is 36.3 Å². The Morgan fingerprint density at radius 2 is 1.74 bits per heavy atom. The highest BCUT2D eigenvalue weighted by atomic mass is 19.1. The van der Waals surface area contributed by atoms with Crippen LogP contribution in [0.2, 0.25) is 0 Å². The maximum atomic E-state index is 13.5. The van der Waals surface area contributed by atoms with Crippen molar-refractivity contribution in [3.05, 3.63) is 71.0 Å². The molecule has 2 aliphatic rings. The molecule has 34 heavy (non-hydrogen) atoms. The summed E-state index contributed by atoms with van der Waals surface area (Å²) in [5, 5.41) is 12.0. The number of benzene rings is 2. The number of carbonyl (C=O) groups excluding carboxylic acids is 3. The van der Waals surface area contributed by atoms with E-state index in [0.717, 1.165) is 18.4 Å². The van der Waals surface area contributed by atoms with Crippen LogP contribution in [0.4, 0.5) is 4.39 Å². The molecule has 0 aromatic heterocycles. The third-order valence-electron chi connectivity index (χ3n) is 6.11. The van der Waals surface area contributed by atoms with Crippen molar-refractivity contribution in [3.8, 4) is 0 Å². The summed E-state index contributed by atoms with van der Waals surface area (Å²) in [5.74, 6) is -3.02. The van der Waals surface area contributed by atoms with Gasteiger partial charge in [-0.2, -0.15) is 0 Å². The molecule has 178 valence electrons. The molecule has 4 rings (SSSR count). The predicted octanol–water partition coefficient (Wildman–Crippen LogP) is 2.49. The van der Waals surface area contributed by atoms with E-state index in [9.17, 15) is 28.7 Å². The van der Waals surface area contributed by atoms with Crippen molar-refractivity contribution >= 4 is 23.7 Å². The molecule has 2 fully saturated rings. The van der Waals surface area contributed by atoms with Crippen LogP contribution in [0.3, 0.4) is 0 Å². The number of nitrogens with one attached hydrogen (secondary N) is 1. The smallest absolute Gasteiger partial charge is 0.305 e. The Morgan fingerprint density at radius 1 is 1.06 bits per heavy atom. The Hall–Kier alpha value is -3.75. The lowest BCUT2D eigenvalue weighted by Crippen LogP contribution is -2.54. The highest BCUT2D eigenvalue weighted by molar-refractivity contribution is 5.99. The zero-order valence-electron chi connectivity index (χ0n) is 18.7. The number of hydrogen-bond donors (Lipinski definition) is 2. The highest BCUT2D eigenvalue weighted by Crippen LogP contribution is 2.33. The van der Waals surface area contributed by atoms with E-state index in [1.165, 1.54) is 34.1 Å². The second-order valence-electron chi connectivity index (χ2n) is 8.76. The minimum absolute atomic E-state index is 0.156. The lowest BCUT2D eigenvalue weighted by molar-refractivity contribution is -0.143. The summed E-state index contributed by atoms with van der Waals surface area (Å²) < 4.78 is 13.4. The van der Waals surface area contributed by atoms with Gasteiger partial charge < -0.3 is 20.2 Å². The first-order chi connectivity index (χ1) is 16.2. The third-order valence-corrected chi connectivity index (χ3v) is 6.11. The van der Waals surface area contributed by atoms with Gasteiger partial charge in [0.1, 0.15) is 5.82 Å². The number of carboxylic acid groups (broad SMARTS) is 1. The molecule has 1 aliphatic carbocycles. The van der Waals surface area contributed by atoms with Crippen molar-refractivity contribution in [1.82, 2.24) is 15.1 Å². The van der Waals surface area contributed by atoms with E-state index >= 15 is 0 Å². The van der Waals surface area contributed by atoms with Crippen LogP contribution >= 0.6 is 0 Å². The first-order valence-electron chi connectivity index (χ1n) is 11.2. The van der Waals surface area contributed by atoms with Crippen molar-refractivity contribution in [1.29, 1.82) is 0 Å². The van der Waals surface area contributed by atoms with Gasteiger partial charge in [-0.05, 0) is 49.6 Å². The summed E-state index contributed by atoms with van der Waals surface area (Å²) >= 11 is 0. The fourth-order valence-corrected chi connectivity index (χ4v) is 4.23. The molecule has 1 heterocycles. The SMILES string of the molecule is Cc1cccc(C(=O)N2CCN(C(=O)C3CC3)C2C(=O)NC(CC(=O)O)c2ccc(F)cc2)c1. The molecular weight excluding hydrogens is 441 g/mol. The molecular formula is C25H26FN3O5. The zero-order valence-corrected chi connectivity index (χ0v) is 18.7. The molecule has 0 radical (unpaired) electrons. The highest BCUT2D eigenvalue weighted by Gasteiger charge is 2.47. The number of carboxylic acids is 1. The standard InChI is InChI=1S/C25H26FN3O5/c1-15-3-2-4-18(13-15)25(34)29-12-11-28(24(33)17-5-6-17)23(29)22(32)27-20(14-21(30)31)16-7-9-19(26)10-8-16/h2-4,7-10,13,17,20,23H,5-6,11-12,14H2,1H3,(H,27,32)(H,30,31). The Kier molecular flexibility index (Phi) is 6.63. The minimum Gasteiger partial charge on any atom is -0.481 e. The first-order valence-corrected chi connectivity index (χ1v) is 11.2. The van der Waals surface area contributed by atoms with Crippen molar-refractivity contribution < 1.29 is 28.7 Å². The van der Waals surface area contributed by atoms with Crippen LogP contribution < -0.4 is 5.32 Å². The molecule has 1 saturated carbocycles. The number of aryl methyl sites for hydroxylation is 1. The maximum Gasteiger partial charge on any atom is 0.305 e. The largest absolute Gasteiger partial charge is 0.481 e. The lowest BCUT2D eigenvalue weighted by atomic mass is 10.0. The van der Waals surface area contributed by atoms with Gasteiger partial charge in [-0.25, -0.2) is 4.39 Å². The molecule has 1 aliphatic heterocycles. The number of amides is 3. The van der Waals surface area contributed by atoms with Gasteiger partial charge in [0.25, 0.3) is 11.8 Å². The molecule has 2 unspecified atom stereocenters. The van der Waals surface area contributed by atoms with Crippen LogP contribution in [-0.4, -0.2) is 57.9 Å². The van der Waals surface area contributed by atoms with Crippen LogP contribution in [0.25, 0.3) is 0 Å². The van der Waals surface area contributed by atoms with E-state index in [1.807, 2.05) is 13.0 Å². The zero-order chi connectivity index (χ0) is 24.4. The average Bonchev–Trinajstić information content (AvgIpc) is 3.56. The van der Waals surface area contributed by atoms with E-state index in [-0.39, 0.29) is 30.8 Å². The van der Waals surface area contributed by atoms with Gasteiger partial charge in [-0.3, -0.25) is 19.2 Å². The topological polar surface area (TPSA) is 107 Å². The van der Waals surface area contributed by atoms with Crippen molar-refractivity contribution in [2.75, 3.05) is 13.1 Å². The third kappa shape index (κ3) is 5.08. The van der Waals surface area contributed by atoms with E-state index in [4.69, 9.17) is 0 Å². The number of carbonyl (C=O) groups is 4. The summed E-state index contributed by atoms with van der Waals surface area (Å²) in [6.45, 7) is 2.25. The maximum absolute atomic E-state index is 13.5. The number of rotatable bonds is 7. The quantitative estimate of drug-likeness (QED) is 0.651. The van der Waals surface area contributed by atoms with E-state index in [0.29, 0.717) is 11.1 Å². The molecule has 3 amide bonds. The Morgan fingerprint density at radius 3 is 2.35 bits per heavy atom. The van der Waals surface area contributed by atoms with E-state index in [2.05, 4.69) is 5.32 Å². The number of aliphatic carboxylic acids is 1.